The average molecular weight is 299 g/mol. The first kappa shape index (κ1) is 14.2. The molecule has 2 aromatic carbocycles. The standard InChI is InChI=1S/C22H21N/c1-14-15(2)22(3,4)19-13-18(16-8-6-5-7-9-16)12-17-10-11-23-21(14)20(17)19/h5-13H,1-4H3. The number of benzene rings is 2. The highest BCUT2D eigenvalue weighted by Crippen LogP contribution is 2.46. The number of aromatic nitrogens is 1. The maximum atomic E-state index is 4.68. The van der Waals surface area contributed by atoms with Gasteiger partial charge in [0.25, 0.3) is 0 Å². The lowest BCUT2D eigenvalue weighted by atomic mass is 9.69. The molecule has 0 aliphatic heterocycles. The molecule has 1 aliphatic carbocycles. The molecule has 1 heterocycles. The van der Waals surface area contributed by atoms with Crippen LogP contribution in [0.5, 0.6) is 0 Å². The van der Waals surface area contributed by atoms with Crippen molar-refractivity contribution in [2.45, 2.75) is 33.1 Å². The van der Waals surface area contributed by atoms with E-state index >= 15 is 0 Å². The van der Waals surface area contributed by atoms with Gasteiger partial charge in [0.05, 0.1) is 5.69 Å². The Balaban J connectivity index is 2.11. The highest BCUT2D eigenvalue weighted by Gasteiger charge is 2.32. The van der Waals surface area contributed by atoms with Crippen LogP contribution in [0.1, 0.15) is 39.0 Å². The molecule has 0 fully saturated rings. The first-order chi connectivity index (χ1) is 11.0. The molecule has 1 nitrogen and oxygen atoms in total. The second kappa shape index (κ2) is 4.79. The summed E-state index contributed by atoms with van der Waals surface area (Å²) in [4.78, 5) is 4.68. The van der Waals surface area contributed by atoms with Crippen molar-refractivity contribution in [3.8, 4) is 11.1 Å². The van der Waals surface area contributed by atoms with E-state index in [4.69, 9.17) is 0 Å². The van der Waals surface area contributed by atoms with Crippen LogP contribution >= 0.6 is 0 Å². The minimum absolute atomic E-state index is 0.0309. The number of pyridine rings is 1. The van der Waals surface area contributed by atoms with E-state index in [9.17, 15) is 0 Å². The van der Waals surface area contributed by atoms with Crippen molar-refractivity contribution in [3.05, 3.63) is 71.6 Å². The van der Waals surface area contributed by atoms with Crippen molar-refractivity contribution in [2.24, 2.45) is 0 Å². The van der Waals surface area contributed by atoms with E-state index in [0.717, 1.165) is 5.69 Å². The van der Waals surface area contributed by atoms with Gasteiger partial charge in [0.15, 0.2) is 0 Å². The molecule has 3 aromatic rings. The number of allylic oxidation sites excluding steroid dienone is 2. The maximum absolute atomic E-state index is 4.68. The van der Waals surface area contributed by atoms with Gasteiger partial charge in [-0.1, -0.05) is 49.8 Å². The van der Waals surface area contributed by atoms with Gasteiger partial charge in [-0.05, 0) is 59.7 Å². The summed E-state index contributed by atoms with van der Waals surface area (Å²) in [6.45, 7) is 9.09. The van der Waals surface area contributed by atoms with Crippen LogP contribution in [0, 0.1) is 0 Å². The Morgan fingerprint density at radius 1 is 0.870 bits per heavy atom. The Morgan fingerprint density at radius 2 is 1.61 bits per heavy atom. The summed E-state index contributed by atoms with van der Waals surface area (Å²) in [7, 11) is 0. The summed E-state index contributed by atoms with van der Waals surface area (Å²) >= 11 is 0. The molecular formula is C22H21N. The lowest BCUT2D eigenvalue weighted by molar-refractivity contribution is 0.626. The fourth-order valence-corrected chi connectivity index (χ4v) is 3.74. The monoisotopic (exact) mass is 299 g/mol. The Hall–Kier alpha value is -2.41. The van der Waals surface area contributed by atoms with E-state index < -0.39 is 0 Å². The van der Waals surface area contributed by atoms with E-state index in [1.54, 1.807) is 0 Å². The second-order valence-corrected chi connectivity index (χ2v) is 7.02. The van der Waals surface area contributed by atoms with Crippen molar-refractivity contribution in [3.63, 3.8) is 0 Å². The minimum atomic E-state index is 0.0309. The molecule has 23 heavy (non-hydrogen) atoms. The first-order valence-corrected chi connectivity index (χ1v) is 8.17. The largest absolute Gasteiger partial charge is 0.256 e. The predicted molar refractivity (Wildman–Crippen MR) is 98.5 cm³/mol. The molecule has 0 saturated heterocycles. The molecule has 0 saturated carbocycles. The average Bonchev–Trinajstić information content (AvgIpc) is 2.58. The zero-order chi connectivity index (χ0) is 16.2. The Kier molecular flexibility index (Phi) is 2.96. The van der Waals surface area contributed by atoms with E-state index in [2.05, 4.69) is 81.2 Å². The number of nitrogens with zero attached hydrogens (tertiary/aromatic N) is 1. The predicted octanol–water partition coefficient (Wildman–Crippen LogP) is 5.99. The molecular weight excluding hydrogens is 278 g/mol. The van der Waals surface area contributed by atoms with Crippen molar-refractivity contribution in [1.29, 1.82) is 0 Å². The molecule has 1 heteroatoms. The van der Waals surface area contributed by atoms with Crippen LogP contribution in [0.25, 0.3) is 27.5 Å². The van der Waals surface area contributed by atoms with Crippen LogP contribution in [0.3, 0.4) is 0 Å². The van der Waals surface area contributed by atoms with E-state index in [1.165, 1.54) is 38.6 Å². The van der Waals surface area contributed by atoms with Gasteiger partial charge in [-0.2, -0.15) is 0 Å². The first-order valence-electron chi connectivity index (χ1n) is 8.17. The molecule has 0 bridgehead atoms. The smallest absolute Gasteiger partial charge is 0.0739 e. The highest BCUT2D eigenvalue weighted by molar-refractivity contribution is 6.00. The fraction of sp³-hybridized carbons (Fsp3) is 0.227. The minimum Gasteiger partial charge on any atom is -0.256 e. The lowest BCUT2D eigenvalue weighted by Gasteiger charge is -2.35. The van der Waals surface area contributed by atoms with Gasteiger partial charge in [-0.25, -0.2) is 0 Å². The summed E-state index contributed by atoms with van der Waals surface area (Å²) in [5.74, 6) is 0. The molecule has 1 aliphatic rings. The van der Waals surface area contributed by atoms with E-state index in [0.29, 0.717) is 0 Å². The van der Waals surface area contributed by atoms with Crippen molar-refractivity contribution < 1.29 is 0 Å². The Labute approximate surface area is 137 Å². The molecule has 0 unspecified atom stereocenters. The molecule has 0 N–H and O–H groups in total. The SMILES string of the molecule is CC1=C(C)C(C)(C)c2cc(-c3ccccc3)cc3ccnc1c23. The number of hydrogen-bond donors (Lipinski definition) is 0. The van der Waals surface area contributed by atoms with Gasteiger partial charge in [-0.3, -0.25) is 4.98 Å². The maximum Gasteiger partial charge on any atom is 0.0739 e. The van der Waals surface area contributed by atoms with Gasteiger partial charge in [-0.15, -0.1) is 0 Å². The highest BCUT2D eigenvalue weighted by atomic mass is 14.7. The van der Waals surface area contributed by atoms with Gasteiger partial charge in [0, 0.05) is 17.0 Å². The Morgan fingerprint density at radius 3 is 2.35 bits per heavy atom. The van der Waals surface area contributed by atoms with Crippen LogP contribution in [0.4, 0.5) is 0 Å². The third-order valence-electron chi connectivity index (χ3n) is 5.50. The van der Waals surface area contributed by atoms with Gasteiger partial charge >= 0.3 is 0 Å². The molecule has 114 valence electrons. The lowest BCUT2D eigenvalue weighted by Crippen LogP contribution is -2.24. The van der Waals surface area contributed by atoms with Crippen molar-refractivity contribution in [1.82, 2.24) is 4.98 Å². The number of rotatable bonds is 1. The molecule has 0 atom stereocenters. The van der Waals surface area contributed by atoms with Crippen LogP contribution in [-0.2, 0) is 5.41 Å². The summed E-state index contributed by atoms with van der Waals surface area (Å²) < 4.78 is 0. The fourth-order valence-electron chi connectivity index (χ4n) is 3.74. The molecule has 0 radical (unpaired) electrons. The topological polar surface area (TPSA) is 12.9 Å². The van der Waals surface area contributed by atoms with Crippen LogP contribution < -0.4 is 0 Å². The van der Waals surface area contributed by atoms with Crippen LogP contribution in [0.15, 0.2) is 60.3 Å². The third kappa shape index (κ3) is 1.96. The van der Waals surface area contributed by atoms with Gasteiger partial charge < -0.3 is 0 Å². The number of hydrogen-bond acceptors (Lipinski definition) is 1. The van der Waals surface area contributed by atoms with Gasteiger partial charge in [0.2, 0.25) is 0 Å². The second-order valence-electron chi connectivity index (χ2n) is 7.02. The normalized spacial score (nSPS) is 16.0. The summed E-state index contributed by atoms with van der Waals surface area (Å²) in [6.07, 6.45) is 1.94. The van der Waals surface area contributed by atoms with Crippen molar-refractivity contribution >= 4 is 16.3 Å². The summed E-state index contributed by atoms with van der Waals surface area (Å²) in [5, 5.41) is 2.60. The molecule has 4 rings (SSSR count). The quantitative estimate of drug-likeness (QED) is 0.538. The molecule has 0 amide bonds. The van der Waals surface area contributed by atoms with Crippen LogP contribution in [0.2, 0.25) is 0 Å². The summed E-state index contributed by atoms with van der Waals surface area (Å²) in [6, 6.07) is 17.4. The van der Waals surface area contributed by atoms with E-state index in [-0.39, 0.29) is 5.41 Å². The molecule has 0 spiro atoms. The zero-order valence-electron chi connectivity index (χ0n) is 14.1. The van der Waals surface area contributed by atoms with Crippen molar-refractivity contribution in [2.75, 3.05) is 0 Å². The zero-order valence-corrected chi connectivity index (χ0v) is 14.1. The molecule has 1 aromatic heterocycles. The van der Waals surface area contributed by atoms with E-state index in [1.807, 2.05) is 6.20 Å². The summed E-state index contributed by atoms with van der Waals surface area (Å²) in [5.41, 5.74) is 7.85. The Bertz CT molecular complexity index is 946. The third-order valence-corrected chi connectivity index (χ3v) is 5.50. The van der Waals surface area contributed by atoms with Gasteiger partial charge in [0.1, 0.15) is 0 Å². The van der Waals surface area contributed by atoms with Crippen LogP contribution in [-0.4, -0.2) is 4.98 Å².